The van der Waals surface area contributed by atoms with Crippen LogP contribution in [0.2, 0.25) is 0 Å². The van der Waals surface area contributed by atoms with Crippen LogP contribution in [-0.4, -0.2) is 24.0 Å². The molecular weight excluding hydrogens is 383 g/mol. The molecule has 2 rings (SSSR count). The summed E-state index contributed by atoms with van der Waals surface area (Å²) in [6.45, 7) is 1.32. The fourth-order valence-corrected chi connectivity index (χ4v) is 2.65. The minimum atomic E-state index is -0.870. The van der Waals surface area contributed by atoms with Gasteiger partial charge in [0.1, 0.15) is 5.54 Å². The lowest BCUT2D eigenvalue weighted by atomic mass is 9.98. The van der Waals surface area contributed by atoms with Crippen LogP contribution in [0.4, 0.5) is 0 Å². The van der Waals surface area contributed by atoms with Crippen molar-refractivity contribution >= 4 is 34.5 Å². The van der Waals surface area contributed by atoms with Crippen molar-refractivity contribution in [1.82, 2.24) is 5.32 Å². The van der Waals surface area contributed by atoms with E-state index in [-0.39, 0.29) is 12.5 Å². The summed E-state index contributed by atoms with van der Waals surface area (Å²) in [5, 5.41) is 11.8. The molecule has 1 atom stereocenters. The molecule has 1 amide bonds. The lowest BCUT2D eigenvalue weighted by molar-refractivity contribution is -0.125. The highest BCUT2D eigenvalue weighted by atomic mass is 127. The molecule has 0 unspecified atom stereocenters. The molecule has 0 saturated heterocycles. The number of carbonyl (C=O) groups is 2. The normalized spacial score (nSPS) is 16.4. The van der Waals surface area contributed by atoms with E-state index in [1.54, 1.807) is 25.1 Å². The summed E-state index contributed by atoms with van der Waals surface area (Å²) in [6.07, 6.45) is 1.87. The van der Waals surface area contributed by atoms with Gasteiger partial charge in [0.25, 0.3) is 5.91 Å². The van der Waals surface area contributed by atoms with Gasteiger partial charge in [0.2, 0.25) is 0 Å². The summed E-state index contributed by atoms with van der Waals surface area (Å²) in [4.78, 5) is 23.7. The molecule has 0 aliphatic heterocycles. The summed E-state index contributed by atoms with van der Waals surface area (Å²) in [5.74, 6) is -0.803. The zero-order valence-electron chi connectivity index (χ0n) is 11.6. The molecular formula is C15H15IN2O3. The van der Waals surface area contributed by atoms with Crippen molar-refractivity contribution in [3.63, 3.8) is 0 Å². The first-order chi connectivity index (χ1) is 9.96. The van der Waals surface area contributed by atoms with Crippen LogP contribution in [0.15, 0.2) is 24.3 Å². The molecule has 1 aromatic carbocycles. The van der Waals surface area contributed by atoms with Crippen LogP contribution in [0.1, 0.15) is 30.1 Å². The fraction of sp³-hybridized carbons (Fsp3) is 0.400. The smallest absolute Gasteiger partial charge is 0.339 e. The fourth-order valence-electron chi connectivity index (χ4n) is 2.04. The summed E-state index contributed by atoms with van der Waals surface area (Å²) in [5.41, 5.74) is -0.443. The minimum absolute atomic E-state index is 0.192. The number of hydrogen-bond acceptors (Lipinski definition) is 4. The monoisotopic (exact) mass is 398 g/mol. The molecule has 21 heavy (non-hydrogen) atoms. The van der Waals surface area contributed by atoms with Crippen LogP contribution in [0.3, 0.4) is 0 Å². The van der Waals surface area contributed by atoms with Gasteiger partial charge >= 0.3 is 5.97 Å². The van der Waals surface area contributed by atoms with Gasteiger partial charge in [-0.15, -0.1) is 0 Å². The molecule has 0 aromatic heterocycles. The van der Waals surface area contributed by atoms with Crippen LogP contribution in [0, 0.1) is 20.8 Å². The maximum atomic E-state index is 11.9. The van der Waals surface area contributed by atoms with E-state index >= 15 is 0 Å². The largest absolute Gasteiger partial charge is 0.452 e. The van der Waals surface area contributed by atoms with Gasteiger partial charge in [-0.2, -0.15) is 5.26 Å². The number of nitrogens with zero attached hydrogens (tertiary/aromatic N) is 1. The Labute approximate surface area is 136 Å². The number of halogens is 1. The van der Waals surface area contributed by atoms with Crippen molar-refractivity contribution in [1.29, 1.82) is 5.26 Å². The molecule has 1 fully saturated rings. The lowest BCUT2D eigenvalue weighted by Crippen LogP contribution is -2.48. The van der Waals surface area contributed by atoms with Crippen molar-refractivity contribution in [2.24, 2.45) is 5.92 Å². The Kier molecular flexibility index (Phi) is 4.83. The first-order valence-electron chi connectivity index (χ1n) is 6.60. The number of nitriles is 1. The highest BCUT2D eigenvalue weighted by molar-refractivity contribution is 14.1. The van der Waals surface area contributed by atoms with Crippen molar-refractivity contribution < 1.29 is 14.3 Å². The van der Waals surface area contributed by atoms with Crippen molar-refractivity contribution in [2.45, 2.75) is 25.3 Å². The van der Waals surface area contributed by atoms with Gasteiger partial charge in [0.15, 0.2) is 6.61 Å². The molecule has 6 heteroatoms. The third kappa shape index (κ3) is 3.94. The van der Waals surface area contributed by atoms with Gasteiger partial charge in [-0.05, 0) is 60.4 Å². The highest BCUT2D eigenvalue weighted by Gasteiger charge is 2.43. The van der Waals surface area contributed by atoms with Crippen molar-refractivity contribution in [3.8, 4) is 6.07 Å². The summed E-state index contributed by atoms with van der Waals surface area (Å²) in [6, 6.07) is 9.11. The molecule has 1 saturated carbocycles. The number of ether oxygens (including phenoxy) is 1. The molecule has 110 valence electrons. The van der Waals surface area contributed by atoms with Gasteiger partial charge in [-0.25, -0.2) is 4.79 Å². The maximum Gasteiger partial charge on any atom is 0.339 e. The van der Waals surface area contributed by atoms with Crippen LogP contribution < -0.4 is 5.32 Å². The molecule has 5 nitrogen and oxygen atoms in total. The molecule has 0 bridgehead atoms. The summed E-state index contributed by atoms with van der Waals surface area (Å²) >= 11 is 2.03. The van der Waals surface area contributed by atoms with Crippen LogP contribution >= 0.6 is 22.6 Å². The lowest BCUT2D eigenvalue weighted by Gasteiger charge is -2.22. The van der Waals surface area contributed by atoms with Crippen molar-refractivity contribution in [2.75, 3.05) is 6.61 Å². The Bertz CT molecular complexity index is 607. The zero-order chi connectivity index (χ0) is 15.5. The Hall–Kier alpha value is -1.62. The third-order valence-electron chi connectivity index (χ3n) is 3.45. The second kappa shape index (κ2) is 6.43. The van der Waals surface area contributed by atoms with Gasteiger partial charge in [0, 0.05) is 3.57 Å². The van der Waals surface area contributed by atoms with Crippen molar-refractivity contribution in [3.05, 3.63) is 33.4 Å². The first-order valence-corrected chi connectivity index (χ1v) is 7.68. The number of amides is 1. The Morgan fingerprint density at radius 2 is 2.14 bits per heavy atom. The molecule has 1 N–H and O–H groups in total. The Morgan fingerprint density at radius 3 is 2.71 bits per heavy atom. The van der Waals surface area contributed by atoms with Gasteiger partial charge in [-0.3, -0.25) is 4.79 Å². The molecule has 0 spiro atoms. The maximum absolute atomic E-state index is 11.9. The number of benzene rings is 1. The number of nitrogens with one attached hydrogen (secondary N) is 1. The van der Waals surface area contributed by atoms with Gasteiger partial charge in [0.05, 0.1) is 11.6 Å². The minimum Gasteiger partial charge on any atom is -0.452 e. The summed E-state index contributed by atoms with van der Waals surface area (Å²) in [7, 11) is 0. The van der Waals surface area contributed by atoms with E-state index in [0.29, 0.717) is 5.56 Å². The molecule has 1 aromatic rings. The average Bonchev–Trinajstić information content (AvgIpc) is 3.30. The highest BCUT2D eigenvalue weighted by Crippen LogP contribution is 2.39. The zero-order valence-corrected chi connectivity index (χ0v) is 13.7. The van der Waals surface area contributed by atoms with E-state index in [1.807, 2.05) is 28.7 Å². The molecule has 1 aliphatic rings. The van der Waals surface area contributed by atoms with E-state index in [4.69, 9.17) is 10.00 Å². The van der Waals surface area contributed by atoms with E-state index in [0.717, 1.165) is 16.4 Å². The number of carbonyl (C=O) groups excluding carboxylic acids is 2. The number of hydrogen-bond donors (Lipinski definition) is 1. The van der Waals surface area contributed by atoms with Gasteiger partial charge < -0.3 is 10.1 Å². The molecule has 0 radical (unpaired) electrons. The van der Waals surface area contributed by atoms with Crippen LogP contribution in [0.5, 0.6) is 0 Å². The SMILES string of the molecule is C[C@](C#N)(NC(=O)COC(=O)c1ccccc1I)C1CC1. The number of rotatable bonds is 5. The molecule has 1 aliphatic carbocycles. The quantitative estimate of drug-likeness (QED) is 0.610. The van der Waals surface area contributed by atoms with E-state index in [9.17, 15) is 9.59 Å². The van der Waals surface area contributed by atoms with E-state index in [1.165, 1.54) is 0 Å². The third-order valence-corrected chi connectivity index (χ3v) is 4.39. The van der Waals surface area contributed by atoms with Gasteiger partial charge in [-0.1, -0.05) is 12.1 Å². The standard InChI is InChI=1S/C15H15IN2O3/c1-15(9-17,10-6-7-10)18-13(19)8-21-14(20)11-4-2-3-5-12(11)16/h2-5,10H,6-8H2,1H3,(H,18,19)/t15-/m1/s1. The second-order valence-electron chi connectivity index (χ2n) is 5.19. The number of esters is 1. The van der Waals surface area contributed by atoms with Crippen LogP contribution in [-0.2, 0) is 9.53 Å². The predicted molar refractivity (Wildman–Crippen MR) is 84.3 cm³/mol. The first kappa shape index (κ1) is 15.8. The predicted octanol–water partition coefficient (Wildman–Crippen LogP) is 2.26. The van der Waals surface area contributed by atoms with E-state index < -0.39 is 17.4 Å². The average molecular weight is 398 g/mol. The second-order valence-corrected chi connectivity index (χ2v) is 6.35. The van der Waals surface area contributed by atoms with E-state index in [2.05, 4.69) is 11.4 Å². The Morgan fingerprint density at radius 1 is 1.48 bits per heavy atom. The Balaban J connectivity index is 1.88. The topological polar surface area (TPSA) is 79.2 Å². The molecule has 0 heterocycles. The van der Waals surface area contributed by atoms with Crippen LogP contribution in [0.25, 0.3) is 0 Å². The summed E-state index contributed by atoms with van der Waals surface area (Å²) < 4.78 is 5.76.